The van der Waals surface area contributed by atoms with E-state index in [1.807, 2.05) is 12.1 Å². The Kier molecular flexibility index (Phi) is 4.70. The van der Waals surface area contributed by atoms with E-state index >= 15 is 0 Å². The summed E-state index contributed by atoms with van der Waals surface area (Å²) >= 11 is 0. The maximum atomic E-state index is 11.9. The lowest BCUT2D eigenvalue weighted by Gasteiger charge is -2.19. The maximum absolute atomic E-state index is 11.9. The average Bonchev–Trinajstić information content (AvgIpc) is 2.36. The minimum absolute atomic E-state index is 0.0499. The molecule has 0 saturated heterocycles. The highest BCUT2D eigenvalue weighted by Gasteiger charge is 2.18. The van der Waals surface area contributed by atoms with E-state index < -0.39 is 12.0 Å². The number of benzene rings is 1. The topological polar surface area (TPSA) is 55.4 Å². The minimum atomic E-state index is -0.653. The Morgan fingerprint density at radius 2 is 1.68 bits per heavy atom. The van der Waals surface area contributed by atoms with Crippen molar-refractivity contribution in [2.24, 2.45) is 0 Å². The lowest BCUT2D eigenvalue weighted by atomic mass is 9.86. The van der Waals surface area contributed by atoms with Crippen molar-refractivity contribution in [3.63, 3.8) is 0 Å². The summed E-state index contributed by atoms with van der Waals surface area (Å²) in [7, 11) is 1.29. The Labute approximate surface area is 114 Å². The molecule has 1 aromatic rings. The maximum Gasteiger partial charge on any atom is 0.328 e. The lowest BCUT2D eigenvalue weighted by Crippen LogP contribution is -2.39. The van der Waals surface area contributed by atoms with Gasteiger partial charge in [-0.25, -0.2) is 4.79 Å². The molecular formula is C15H21NO3. The summed E-state index contributed by atoms with van der Waals surface area (Å²) in [6, 6.07) is 6.73. The molecule has 1 atom stereocenters. The SMILES string of the molecule is COC(=O)[C@H](C)NC(=O)c1ccc(C(C)(C)C)cc1. The molecule has 1 amide bonds. The van der Waals surface area contributed by atoms with Crippen LogP contribution < -0.4 is 5.32 Å². The Bertz CT molecular complexity index is 457. The number of esters is 1. The molecule has 0 aliphatic rings. The largest absolute Gasteiger partial charge is 0.467 e. The second-order valence-corrected chi connectivity index (χ2v) is 5.55. The first-order valence-electron chi connectivity index (χ1n) is 6.25. The first-order valence-corrected chi connectivity index (χ1v) is 6.25. The molecule has 4 heteroatoms. The van der Waals surface area contributed by atoms with Gasteiger partial charge < -0.3 is 10.1 Å². The molecule has 1 aromatic carbocycles. The van der Waals surface area contributed by atoms with E-state index in [0.29, 0.717) is 5.56 Å². The zero-order valence-corrected chi connectivity index (χ0v) is 12.1. The molecule has 0 aliphatic carbocycles. The third-order valence-electron chi connectivity index (χ3n) is 2.92. The number of nitrogens with one attached hydrogen (secondary N) is 1. The van der Waals surface area contributed by atoms with Crippen molar-refractivity contribution in [1.82, 2.24) is 5.32 Å². The summed E-state index contributed by atoms with van der Waals surface area (Å²) in [5.74, 6) is -0.738. The van der Waals surface area contributed by atoms with E-state index in [1.54, 1.807) is 19.1 Å². The van der Waals surface area contributed by atoms with E-state index in [4.69, 9.17) is 0 Å². The van der Waals surface area contributed by atoms with Gasteiger partial charge in [-0.05, 0) is 30.0 Å². The van der Waals surface area contributed by atoms with Crippen LogP contribution in [0.1, 0.15) is 43.6 Å². The molecular weight excluding hydrogens is 242 g/mol. The summed E-state index contributed by atoms with van der Waals surface area (Å²) in [4.78, 5) is 23.1. The Morgan fingerprint density at radius 1 is 1.16 bits per heavy atom. The molecule has 4 nitrogen and oxygen atoms in total. The van der Waals surface area contributed by atoms with E-state index in [0.717, 1.165) is 5.56 Å². The van der Waals surface area contributed by atoms with Gasteiger partial charge in [-0.15, -0.1) is 0 Å². The zero-order valence-electron chi connectivity index (χ0n) is 12.1. The van der Waals surface area contributed by atoms with E-state index in [-0.39, 0.29) is 11.3 Å². The Hall–Kier alpha value is -1.84. The van der Waals surface area contributed by atoms with Gasteiger partial charge in [0, 0.05) is 5.56 Å². The van der Waals surface area contributed by atoms with Gasteiger partial charge in [0.25, 0.3) is 5.91 Å². The van der Waals surface area contributed by atoms with Crippen molar-refractivity contribution < 1.29 is 14.3 Å². The van der Waals surface area contributed by atoms with Crippen molar-refractivity contribution in [2.45, 2.75) is 39.2 Å². The van der Waals surface area contributed by atoms with E-state index in [1.165, 1.54) is 7.11 Å². The van der Waals surface area contributed by atoms with Crippen LogP contribution in [0.2, 0.25) is 0 Å². The van der Waals surface area contributed by atoms with Gasteiger partial charge in [0.1, 0.15) is 6.04 Å². The van der Waals surface area contributed by atoms with Crippen LogP contribution in [0.15, 0.2) is 24.3 Å². The van der Waals surface area contributed by atoms with Crippen LogP contribution in [-0.2, 0) is 14.9 Å². The van der Waals surface area contributed by atoms with E-state index in [2.05, 4.69) is 30.8 Å². The highest BCUT2D eigenvalue weighted by atomic mass is 16.5. The number of amides is 1. The highest BCUT2D eigenvalue weighted by Crippen LogP contribution is 2.22. The summed E-state index contributed by atoms with van der Waals surface area (Å²) < 4.78 is 4.56. The molecule has 0 spiro atoms. The van der Waals surface area contributed by atoms with Crippen LogP contribution in [-0.4, -0.2) is 25.0 Å². The van der Waals surface area contributed by atoms with Gasteiger partial charge in [-0.2, -0.15) is 0 Å². The van der Waals surface area contributed by atoms with E-state index in [9.17, 15) is 9.59 Å². The minimum Gasteiger partial charge on any atom is -0.467 e. The summed E-state index contributed by atoms with van der Waals surface area (Å²) in [6.45, 7) is 7.93. The van der Waals surface area contributed by atoms with Crippen molar-refractivity contribution in [3.8, 4) is 0 Å². The van der Waals surface area contributed by atoms with Crippen LogP contribution in [0, 0.1) is 0 Å². The highest BCUT2D eigenvalue weighted by molar-refractivity contribution is 5.96. The second kappa shape index (κ2) is 5.87. The Balaban J connectivity index is 2.76. The molecule has 19 heavy (non-hydrogen) atoms. The molecule has 0 saturated carbocycles. The smallest absolute Gasteiger partial charge is 0.328 e. The molecule has 0 heterocycles. The molecule has 0 unspecified atom stereocenters. The van der Waals surface area contributed by atoms with Crippen LogP contribution in [0.25, 0.3) is 0 Å². The number of hydrogen-bond acceptors (Lipinski definition) is 3. The molecule has 0 aliphatic heterocycles. The van der Waals surface area contributed by atoms with Crippen LogP contribution in [0.3, 0.4) is 0 Å². The van der Waals surface area contributed by atoms with Gasteiger partial charge in [-0.3, -0.25) is 4.79 Å². The predicted molar refractivity (Wildman–Crippen MR) is 74.1 cm³/mol. The molecule has 0 fully saturated rings. The lowest BCUT2D eigenvalue weighted by molar-refractivity contribution is -0.142. The molecule has 0 aromatic heterocycles. The molecule has 104 valence electrons. The number of methoxy groups -OCH3 is 1. The molecule has 1 rings (SSSR count). The molecule has 1 N–H and O–H groups in total. The fraction of sp³-hybridized carbons (Fsp3) is 0.467. The number of hydrogen-bond donors (Lipinski definition) is 1. The van der Waals surface area contributed by atoms with Crippen molar-refractivity contribution in [1.29, 1.82) is 0 Å². The second-order valence-electron chi connectivity index (χ2n) is 5.55. The van der Waals surface area contributed by atoms with Crippen LogP contribution in [0.5, 0.6) is 0 Å². The van der Waals surface area contributed by atoms with Gasteiger partial charge in [0.2, 0.25) is 0 Å². The van der Waals surface area contributed by atoms with Gasteiger partial charge in [0.15, 0.2) is 0 Å². The van der Waals surface area contributed by atoms with Gasteiger partial charge in [0.05, 0.1) is 7.11 Å². The summed E-state index contributed by atoms with van der Waals surface area (Å²) in [6.07, 6.45) is 0. The summed E-state index contributed by atoms with van der Waals surface area (Å²) in [5.41, 5.74) is 1.74. The number of ether oxygens (including phenoxy) is 1. The summed E-state index contributed by atoms with van der Waals surface area (Å²) in [5, 5.41) is 2.59. The van der Waals surface area contributed by atoms with Crippen molar-refractivity contribution in [2.75, 3.05) is 7.11 Å². The first kappa shape index (κ1) is 15.2. The number of carbonyl (C=O) groups excluding carboxylic acids is 2. The molecule has 0 radical (unpaired) electrons. The molecule has 0 bridgehead atoms. The quantitative estimate of drug-likeness (QED) is 0.851. The fourth-order valence-electron chi connectivity index (χ4n) is 1.64. The first-order chi connectivity index (χ1) is 8.75. The van der Waals surface area contributed by atoms with Crippen LogP contribution >= 0.6 is 0 Å². The van der Waals surface area contributed by atoms with Crippen molar-refractivity contribution >= 4 is 11.9 Å². The van der Waals surface area contributed by atoms with Crippen molar-refractivity contribution in [3.05, 3.63) is 35.4 Å². The fourth-order valence-corrected chi connectivity index (χ4v) is 1.64. The van der Waals surface area contributed by atoms with Gasteiger partial charge >= 0.3 is 5.97 Å². The van der Waals surface area contributed by atoms with Crippen LogP contribution in [0.4, 0.5) is 0 Å². The van der Waals surface area contributed by atoms with Gasteiger partial charge in [-0.1, -0.05) is 32.9 Å². The number of carbonyl (C=O) groups is 2. The Morgan fingerprint density at radius 3 is 2.11 bits per heavy atom. The third-order valence-corrected chi connectivity index (χ3v) is 2.92. The standard InChI is InChI=1S/C15H21NO3/c1-10(14(18)19-5)16-13(17)11-6-8-12(9-7-11)15(2,3)4/h6-10H,1-5H3,(H,16,17)/t10-/m0/s1. The zero-order chi connectivity index (χ0) is 14.6. The predicted octanol–water partition coefficient (Wildman–Crippen LogP) is 2.28. The number of rotatable bonds is 3. The monoisotopic (exact) mass is 263 g/mol. The normalized spacial score (nSPS) is 12.7. The average molecular weight is 263 g/mol. The third kappa shape index (κ3) is 4.09.